The van der Waals surface area contributed by atoms with Crippen molar-refractivity contribution in [1.82, 2.24) is 10.9 Å². The third-order valence-corrected chi connectivity index (χ3v) is 2.99. The van der Waals surface area contributed by atoms with E-state index in [-0.39, 0.29) is 6.04 Å². The Bertz CT molecular complexity index is 480. The topological polar surface area (TPSA) is 76.4 Å². The number of hydrazine groups is 1. The predicted octanol–water partition coefficient (Wildman–Crippen LogP) is 2.29. The summed E-state index contributed by atoms with van der Waals surface area (Å²) in [5.41, 5.74) is 14.1. The van der Waals surface area contributed by atoms with E-state index in [9.17, 15) is 4.79 Å². The Kier molecular flexibility index (Phi) is 3.66. The summed E-state index contributed by atoms with van der Waals surface area (Å²) >= 11 is 0. The lowest BCUT2D eigenvalue weighted by Gasteiger charge is -2.21. The van der Waals surface area contributed by atoms with Crippen LogP contribution in [0.1, 0.15) is 44.4 Å². The van der Waals surface area contributed by atoms with Gasteiger partial charge in [0.25, 0.3) is 0 Å². The number of hydrogen-bond donors (Lipinski definition) is 3. The summed E-state index contributed by atoms with van der Waals surface area (Å²) in [4.78, 5) is 11.6. The van der Waals surface area contributed by atoms with Crippen LogP contribution in [-0.4, -0.2) is 11.7 Å². The minimum absolute atomic E-state index is 0.114. The predicted molar refractivity (Wildman–Crippen MR) is 74.4 cm³/mol. The van der Waals surface area contributed by atoms with E-state index in [1.54, 1.807) is 0 Å². The Morgan fingerprint density at radius 3 is 2.84 bits per heavy atom. The van der Waals surface area contributed by atoms with Crippen molar-refractivity contribution >= 4 is 11.8 Å². The number of hydrogen-bond acceptors (Lipinski definition) is 4. The summed E-state index contributed by atoms with van der Waals surface area (Å²) in [7, 11) is 0. The Balaban J connectivity index is 1.91. The standard InChI is InChI=1S/C14H21N3O2/c1-14(2,3)19-13(18)17-16-12-7-4-9-8-10(15)5-6-11(9)12/h5-6,8,12,16H,4,7,15H2,1-3H3,(H,17,18). The average Bonchev–Trinajstić information content (AvgIpc) is 2.66. The number of carbonyl (C=O) groups excluding carboxylic acids is 1. The summed E-state index contributed by atoms with van der Waals surface area (Å²) in [6.07, 6.45) is 1.44. The lowest BCUT2D eigenvalue weighted by molar-refractivity contribution is 0.0487. The van der Waals surface area contributed by atoms with Gasteiger partial charge >= 0.3 is 6.09 Å². The fourth-order valence-corrected chi connectivity index (χ4v) is 2.24. The molecule has 104 valence electrons. The molecule has 0 heterocycles. The number of nitrogens with one attached hydrogen (secondary N) is 2. The highest BCUT2D eigenvalue weighted by Gasteiger charge is 2.23. The Morgan fingerprint density at radius 2 is 2.16 bits per heavy atom. The fourth-order valence-electron chi connectivity index (χ4n) is 2.24. The van der Waals surface area contributed by atoms with Gasteiger partial charge in [0.15, 0.2) is 0 Å². The minimum Gasteiger partial charge on any atom is -0.443 e. The fraction of sp³-hybridized carbons (Fsp3) is 0.500. The van der Waals surface area contributed by atoms with Crippen LogP contribution in [0, 0.1) is 0 Å². The van der Waals surface area contributed by atoms with Crippen LogP contribution in [-0.2, 0) is 11.2 Å². The number of fused-ring (bicyclic) bond motifs is 1. The zero-order chi connectivity index (χ0) is 14.0. The first kappa shape index (κ1) is 13.7. The Labute approximate surface area is 113 Å². The van der Waals surface area contributed by atoms with E-state index in [0.29, 0.717) is 0 Å². The van der Waals surface area contributed by atoms with E-state index < -0.39 is 11.7 Å². The molecule has 0 fully saturated rings. The van der Waals surface area contributed by atoms with Gasteiger partial charge in [0, 0.05) is 5.69 Å². The van der Waals surface area contributed by atoms with Gasteiger partial charge in [-0.3, -0.25) is 5.43 Å². The highest BCUT2D eigenvalue weighted by Crippen LogP contribution is 2.31. The van der Waals surface area contributed by atoms with Crippen LogP contribution in [0.4, 0.5) is 10.5 Å². The number of aryl methyl sites for hydroxylation is 1. The van der Waals surface area contributed by atoms with E-state index in [4.69, 9.17) is 10.5 Å². The van der Waals surface area contributed by atoms with Crippen molar-refractivity contribution in [3.05, 3.63) is 29.3 Å². The Hall–Kier alpha value is -1.75. The maximum atomic E-state index is 11.6. The molecular formula is C14H21N3O2. The molecule has 5 nitrogen and oxygen atoms in total. The molecule has 0 spiro atoms. The number of ether oxygens (including phenoxy) is 1. The molecule has 0 aromatic heterocycles. The smallest absolute Gasteiger partial charge is 0.422 e. The van der Waals surface area contributed by atoms with Crippen LogP contribution >= 0.6 is 0 Å². The maximum Gasteiger partial charge on any atom is 0.422 e. The molecule has 0 radical (unpaired) electrons. The van der Waals surface area contributed by atoms with Gasteiger partial charge in [0.05, 0.1) is 6.04 Å². The van der Waals surface area contributed by atoms with Gasteiger partial charge in [-0.2, -0.15) is 0 Å². The number of carbonyl (C=O) groups is 1. The summed E-state index contributed by atoms with van der Waals surface area (Å²) < 4.78 is 5.17. The monoisotopic (exact) mass is 263 g/mol. The van der Waals surface area contributed by atoms with Crippen LogP contribution in [0.25, 0.3) is 0 Å². The van der Waals surface area contributed by atoms with Gasteiger partial charge in [-0.1, -0.05) is 6.07 Å². The summed E-state index contributed by atoms with van der Waals surface area (Å²) in [5.74, 6) is 0. The number of nitrogens with two attached hydrogens (primary N) is 1. The first-order valence-corrected chi connectivity index (χ1v) is 6.48. The summed E-state index contributed by atoms with van der Waals surface area (Å²) in [5, 5.41) is 0. The SMILES string of the molecule is CC(C)(C)OC(=O)NNC1CCc2cc(N)ccc21. The van der Waals surface area contributed by atoms with Gasteiger partial charge in [-0.15, -0.1) is 0 Å². The number of nitrogen functional groups attached to an aromatic ring is 1. The second-order valence-corrected chi connectivity index (χ2v) is 5.82. The van der Waals surface area contributed by atoms with Crippen LogP contribution < -0.4 is 16.6 Å². The van der Waals surface area contributed by atoms with E-state index in [0.717, 1.165) is 18.5 Å². The van der Waals surface area contributed by atoms with E-state index in [2.05, 4.69) is 10.9 Å². The van der Waals surface area contributed by atoms with Crippen molar-refractivity contribution in [2.45, 2.75) is 45.3 Å². The first-order valence-electron chi connectivity index (χ1n) is 6.48. The molecule has 0 bridgehead atoms. The lowest BCUT2D eigenvalue weighted by atomic mass is 10.1. The molecule has 1 aromatic carbocycles. The van der Waals surface area contributed by atoms with Crippen molar-refractivity contribution in [2.75, 3.05) is 5.73 Å². The highest BCUT2D eigenvalue weighted by atomic mass is 16.6. The zero-order valence-electron chi connectivity index (χ0n) is 11.6. The average molecular weight is 263 g/mol. The van der Waals surface area contributed by atoms with E-state index in [1.165, 1.54) is 11.1 Å². The van der Waals surface area contributed by atoms with Gasteiger partial charge in [0.1, 0.15) is 5.60 Å². The minimum atomic E-state index is -0.492. The van der Waals surface area contributed by atoms with Crippen LogP contribution in [0.2, 0.25) is 0 Å². The molecule has 1 aliphatic carbocycles. The molecule has 1 unspecified atom stereocenters. The molecule has 1 amide bonds. The summed E-state index contributed by atoms with van der Waals surface area (Å²) in [6.45, 7) is 5.50. The molecule has 0 saturated carbocycles. The highest BCUT2D eigenvalue weighted by molar-refractivity contribution is 5.67. The van der Waals surface area contributed by atoms with Gasteiger partial charge in [-0.05, 0) is 56.9 Å². The molecule has 19 heavy (non-hydrogen) atoms. The van der Waals surface area contributed by atoms with Gasteiger partial charge in [0.2, 0.25) is 0 Å². The maximum absolute atomic E-state index is 11.6. The quantitative estimate of drug-likeness (QED) is 0.565. The van der Waals surface area contributed by atoms with E-state index in [1.807, 2.05) is 39.0 Å². The van der Waals surface area contributed by atoms with Gasteiger partial charge < -0.3 is 10.5 Å². The van der Waals surface area contributed by atoms with Crippen LogP contribution in [0.5, 0.6) is 0 Å². The molecule has 2 rings (SSSR count). The zero-order valence-corrected chi connectivity index (χ0v) is 11.6. The largest absolute Gasteiger partial charge is 0.443 e. The van der Waals surface area contributed by atoms with Crippen LogP contribution in [0.15, 0.2) is 18.2 Å². The second kappa shape index (κ2) is 5.09. The number of anilines is 1. The molecule has 5 heteroatoms. The molecule has 1 aliphatic rings. The van der Waals surface area contributed by atoms with E-state index >= 15 is 0 Å². The van der Waals surface area contributed by atoms with Crippen molar-refractivity contribution < 1.29 is 9.53 Å². The van der Waals surface area contributed by atoms with Crippen molar-refractivity contribution in [2.24, 2.45) is 0 Å². The Morgan fingerprint density at radius 1 is 1.42 bits per heavy atom. The molecule has 1 atom stereocenters. The molecular weight excluding hydrogens is 242 g/mol. The summed E-state index contributed by atoms with van der Waals surface area (Å²) in [6, 6.07) is 5.99. The second-order valence-electron chi connectivity index (χ2n) is 5.82. The third kappa shape index (κ3) is 3.61. The third-order valence-electron chi connectivity index (χ3n) is 2.99. The lowest BCUT2D eigenvalue weighted by Crippen LogP contribution is -2.42. The molecule has 0 saturated heterocycles. The number of benzene rings is 1. The van der Waals surface area contributed by atoms with Crippen molar-refractivity contribution in [3.8, 4) is 0 Å². The molecule has 1 aromatic rings. The normalized spacial score (nSPS) is 17.9. The van der Waals surface area contributed by atoms with Crippen LogP contribution in [0.3, 0.4) is 0 Å². The number of amides is 1. The van der Waals surface area contributed by atoms with Gasteiger partial charge in [-0.25, -0.2) is 10.2 Å². The number of rotatable bonds is 2. The molecule has 0 aliphatic heterocycles. The van der Waals surface area contributed by atoms with Crippen molar-refractivity contribution in [3.63, 3.8) is 0 Å². The van der Waals surface area contributed by atoms with Crippen molar-refractivity contribution in [1.29, 1.82) is 0 Å². The first-order chi connectivity index (χ1) is 8.85. The molecule has 4 N–H and O–H groups in total.